The number of aryl methyl sites for hydroxylation is 1. The summed E-state index contributed by atoms with van der Waals surface area (Å²) in [4.78, 5) is 31.9. The maximum Gasteiger partial charge on any atom is 0.304 e. The van der Waals surface area contributed by atoms with Gasteiger partial charge in [-0.15, -0.1) is 11.3 Å². The molecule has 0 bridgehead atoms. The molecule has 0 saturated carbocycles. The number of carboxylic acids is 1. The number of aliphatic carboxylic acids is 1. The number of halogens is 2. The van der Waals surface area contributed by atoms with Crippen LogP contribution in [0.3, 0.4) is 0 Å². The molecule has 1 aliphatic rings. The Morgan fingerprint density at radius 2 is 1.94 bits per heavy atom. The summed E-state index contributed by atoms with van der Waals surface area (Å²) in [6.07, 6.45) is 3.46. The SMILES string of the molecule is C[C@]1(CC(=O)O)C[C@H](c2cccc(Cl)c2)[C@@H](c2ccc(Cl)cc2)N(CCCc2nccs2)C1=O. The van der Waals surface area contributed by atoms with E-state index in [1.165, 1.54) is 0 Å². The summed E-state index contributed by atoms with van der Waals surface area (Å²) < 4.78 is 0. The number of carboxylic acid groups (broad SMARTS) is 1. The first-order valence-corrected chi connectivity index (χ1v) is 12.8. The van der Waals surface area contributed by atoms with Crippen LogP contribution in [0.15, 0.2) is 60.1 Å². The van der Waals surface area contributed by atoms with Crippen molar-refractivity contribution in [3.63, 3.8) is 0 Å². The molecule has 3 aromatic rings. The molecule has 1 aromatic heterocycles. The van der Waals surface area contributed by atoms with Crippen molar-refractivity contribution in [2.24, 2.45) is 5.41 Å². The Bertz CT molecular complexity index is 1150. The largest absolute Gasteiger partial charge is 0.481 e. The van der Waals surface area contributed by atoms with Crippen LogP contribution in [0.5, 0.6) is 0 Å². The first kappa shape index (κ1) is 24.7. The molecule has 8 heteroatoms. The van der Waals surface area contributed by atoms with Crippen LogP contribution in [0.25, 0.3) is 0 Å². The van der Waals surface area contributed by atoms with E-state index in [-0.39, 0.29) is 24.3 Å². The number of aromatic nitrogens is 1. The molecule has 178 valence electrons. The van der Waals surface area contributed by atoms with Gasteiger partial charge in [0.05, 0.1) is 22.9 Å². The number of thiazole rings is 1. The summed E-state index contributed by atoms with van der Waals surface area (Å²) in [5.41, 5.74) is 0.930. The molecule has 2 heterocycles. The van der Waals surface area contributed by atoms with Gasteiger partial charge in [0, 0.05) is 40.5 Å². The number of amides is 1. The van der Waals surface area contributed by atoms with Gasteiger partial charge in [-0.25, -0.2) is 4.98 Å². The van der Waals surface area contributed by atoms with Crippen LogP contribution in [0.2, 0.25) is 10.0 Å². The number of piperidine rings is 1. The van der Waals surface area contributed by atoms with Crippen molar-refractivity contribution >= 4 is 46.4 Å². The molecule has 4 rings (SSSR count). The highest BCUT2D eigenvalue weighted by atomic mass is 35.5. The van der Waals surface area contributed by atoms with Crippen LogP contribution in [-0.4, -0.2) is 33.4 Å². The van der Waals surface area contributed by atoms with Gasteiger partial charge < -0.3 is 10.0 Å². The molecule has 1 amide bonds. The third-order valence-corrected chi connectivity index (χ3v) is 7.79. The van der Waals surface area contributed by atoms with Gasteiger partial charge >= 0.3 is 5.97 Å². The molecule has 34 heavy (non-hydrogen) atoms. The first-order valence-electron chi connectivity index (χ1n) is 11.2. The second-order valence-electron chi connectivity index (χ2n) is 9.02. The van der Waals surface area contributed by atoms with Crippen molar-refractivity contribution in [1.29, 1.82) is 0 Å². The Morgan fingerprint density at radius 1 is 1.18 bits per heavy atom. The summed E-state index contributed by atoms with van der Waals surface area (Å²) in [5.74, 6) is -1.23. The highest BCUT2D eigenvalue weighted by Crippen LogP contribution is 2.51. The van der Waals surface area contributed by atoms with E-state index in [2.05, 4.69) is 4.98 Å². The van der Waals surface area contributed by atoms with Gasteiger partial charge in [-0.05, 0) is 48.2 Å². The molecule has 1 aliphatic heterocycles. The molecular weight excluding hydrogens is 491 g/mol. The van der Waals surface area contributed by atoms with E-state index >= 15 is 0 Å². The van der Waals surface area contributed by atoms with Crippen molar-refractivity contribution in [2.45, 2.75) is 44.6 Å². The average molecular weight is 517 g/mol. The fraction of sp³-hybridized carbons (Fsp3) is 0.346. The van der Waals surface area contributed by atoms with Crippen LogP contribution >= 0.6 is 34.5 Å². The third kappa shape index (κ3) is 5.45. The third-order valence-electron chi connectivity index (χ3n) is 6.47. The molecule has 5 nitrogen and oxygen atoms in total. The molecule has 1 fully saturated rings. The number of nitrogens with zero attached hydrogens (tertiary/aromatic N) is 2. The lowest BCUT2D eigenvalue weighted by Crippen LogP contribution is -2.52. The maximum atomic E-state index is 13.9. The summed E-state index contributed by atoms with van der Waals surface area (Å²) in [6, 6.07) is 14.9. The van der Waals surface area contributed by atoms with Crippen LogP contribution < -0.4 is 0 Å². The fourth-order valence-corrected chi connectivity index (χ4v) is 5.97. The monoisotopic (exact) mass is 516 g/mol. The second kappa shape index (κ2) is 10.5. The number of benzene rings is 2. The quantitative estimate of drug-likeness (QED) is 0.365. The lowest BCUT2D eigenvalue weighted by Gasteiger charge is -2.49. The first-order chi connectivity index (χ1) is 16.3. The van der Waals surface area contributed by atoms with E-state index in [0.717, 1.165) is 29.0 Å². The van der Waals surface area contributed by atoms with Gasteiger partial charge in [0.15, 0.2) is 0 Å². The number of carbonyl (C=O) groups is 2. The lowest BCUT2D eigenvalue weighted by atomic mass is 9.67. The van der Waals surface area contributed by atoms with Gasteiger partial charge in [0.2, 0.25) is 5.91 Å². The van der Waals surface area contributed by atoms with Crippen molar-refractivity contribution in [2.75, 3.05) is 6.54 Å². The van der Waals surface area contributed by atoms with Crippen LogP contribution in [0.4, 0.5) is 0 Å². The summed E-state index contributed by atoms with van der Waals surface area (Å²) in [6.45, 7) is 2.27. The number of hydrogen-bond donors (Lipinski definition) is 1. The van der Waals surface area contributed by atoms with E-state index < -0.39 is 11.4 Å². The summed E-state index contributed by atoms with van der Waals surface area (Å²) >= 11 is 14.1. The molecule has 0 unspecified atom stereocenters. The van der Waals surface area contributed by atoms with Crippen molar-refractivity contribution < 1.29 is 14.7 Å². The zero-order chi connectivity index (χ0) is 24.3. The highest BCUT2D eigenvalue weighted by molar-refractivity contribution is 7.09. The number of carbonyl (C=O) groups excluding carboxylic acids is 1. The van der Waals surface area contributed by atoms with Crippen molar-refractivity contribution in [3.05, 3.63) is 86.3 Å². The topological polar surface area (TPSA) is 70.5 Å². The van der Waals surface area contributed by atoms with Gasteiger partial charge in [-0.1, -0.05) is 54.4 Å². The number of hydrogen-bond acceptors (Lipinski definition) is 4. The molecular formula is C26H26Cl2N2O3S. The minimum absolute atomic E-state index is 0.123. The Balaban J connectivity index is 1.76. The Morgan fingerprint density at radius 3 is 2.59 bits per heavy atom. The Kier molecular flexibility index (Phi) is 7.60. The molecule has 1 saturated heterocycles. The molecule has 1 N–H and O–H groups in total. The lowest BCUT2D eigenvalue weighted by molar-refractivity contribution is -0.157. The van der Waals surface area contributed by atoms with E-state index in [1.807, 2.05) is 58.8 Å². The predicted octanol–water partition coefficient (Wildman–Crippen LogP) is 6.62. The van der Waals surface area contributed by atoms with Gasteiger partial charge in [-0.2, -0.15) is 0 Å². The van der Waals surface area contributed by atoms with E-state index in [4.69, 9.17) is 23.2 Å². The minimum atomic E-state index is -1.02. The van der Waals surface area contributed by atoms with Crippen molar-refractivity contribution in [1.82, 2.24) is 9.88 Å². The fourth-order valence-electron chi connectivity index (χ4n) is 4.98. The summed E-state index contributed by atoms with van der Waals surface area (Å²) in [7, 11) is 0. The average Bonchev–Trinajstić information content (AvgIpc) is 3.30. The van der Waals surface area contributed by atoms with Gasteiger partial charge in [0.25, 0.3) is 0 Å². The molecule has 2 aromatic carbocycles. The smallest absolute Gasteiger partial charge is 0.304 e. The van der Waals surface area contributed by atoms with Crippen molar-refractivity contribution in [3.8, 4) is 0 Å². The Hall–Kier alpha value is -2.41. The van der Waals surface area contributed by atoms with Gasteiger partial charge in [0.1, 0.15) is 0 Å². The zero-order valence-electron chi connectivity index (χ0n) is 18.8. The van der Waals surface area contributed by atoms with E-state index in [0.29, 0.717) is 23.0 Å². The molecule has 0 spiro atoms. The number of rotatable bonds is 8. The predicted molar refractivity (Wildman–Crippen MR) is 136 cm³/mol. The van der Waals surface area contributed by atoms with Gasteiger partial charge in [-0.3, -0.25) is 9.59 Å². The van der Waals surface area contributed by atoms with Crippen LogP contribution in [0, 0.1) is 5.41 Å². The minimum Gasteiger partial charge on any atom is -0.481 e. The van der Waals surface area contributed by atoms with E-state index in [1.54, 1.807) is 24.5 Å². The highest BCUT2D eigenvalue weighted by Gasteiger charge is 2.50. The Labute approximate surface area is 213 Å². The second-order valence-corrected chi connectivity index (χ2v) is 10.9. The maximum absolute atomic E-state index is 13.9. The van der Waals surface area contributed by atoms with E-state index in [9.17, 15) is 14.7 Å². The van der Waals surface area contributed by atoms with Crippen LogP contribution in [0.1, 0.15) is 54.3 Å². The zero-order valence-corrected chi connectivity index (χ0v) is 21.1. The molecule has 3 atom stereocenters. The summed E-state index contributed by atoms with van der Waals surface area (Å²) in [5, 5.41) is 13.8. The standard InChI is InChI=1S/C26H26Cl2N2O3S/c1-26(16-23(31)32)15-21(18-4-2-5-20(28)14-18)24(17-7-9-19(27)10-8-17)30(25(26)33)12-3-6-22-29-11-13-34-22/h2,4-5,7-11,13-14,21,24H,3,6,12,15-16H2,1H3,(H,31,32)/t21-,24-,26-/m1/s1. The number of likely N-dealkylation sites (tertiary alicyclic amines) is 1. The normalized spacial score (nSPS) is 22.7. The molecule has 0 aliphatic carbocycles. The molecule has 0 radical (unpaired) electrons. The van der Waals surface area contributed by atoms with Crippen LogP contribution in [-0.2, 0) is 16.0 Å².